The van der Waals surface area contributed by atoms with Crippen molar-refractivity contribution in [1.29, 1.82) is 0 Å². The van der Waals surface area contributed by atoms with Crippen LogP contribution in [-0.4, -0.2) is 4.98 Å². The lowest BCUT2D eigenvalue weighted by atomic mass is 10.6. The summed E-state index contributed by atoms with van der Waals surface area (Å²) in [7, 11) is 0. The number of hydrogen-bond acceptors (Lipinski definition) is 2. The summed E-state index contributed by atoms with van der Waals surface area (Å²) in [5, 5.41) is 0. The van der Waals surface area contributed by atoms with E-state index >= 15 is 0 Å². The monoisotopic (exact) mass is 121 g/mol. The maximum Gasteiger partial charge on any atom is 0.273 e. The summed E-state index contributed by atoms with van der Waals surface area (Å²) in [6.45, 7) is 3.59. The lowest BCUT2D eigenvalue weighted by Gasteiger charge is -1.74. The summed E-state index contributed by atoms with van der Waals surface area (Å²) in [4.78, 5) is 3.87. The molecule has 0 aromatic carbocycles. The number of aromatic nitrogens is 1. The van der Waals surface area contributed by atoms with Crippen molar-refractivity contribution in [3.63, 3.8) is 0 Å². The number of oxazole rings is 1. The fourth-order valence-corrected chi connectivity index (χ4v) is 0.519. The van der Waals surface area contributed by atoms with Crippen LogP contribution in [0.3, 0.4) is 0 Å². The molecule has 0 spiro atoms. The predicted octanol–water partition coefficient (Wildman–Crippen LogP) is 1.35. The van der Waals surface area contributed by atoms with Gasteiger partial charge in [-0.15, -0.1) is 0 Å². The van der Waals surface area contributed by atoms with Gasteiger partial charge in [0.15, 0.2) is 0 Å². The van der Waals surface area contributed by atoms with Gasteiger partial charge in [0.1, 0.15) is 5.76 Å². The van der Waals surface area contributed by atoms with Crippen LogP contribution >= 0.6 is 0 Å². The highest BCUT2D eigenvalue weighted by molar-refractivity contribution is 5.16. The van der Waals surface area contributed by atoms with Crippen LogP contribution in [-0.2, 0) is 0 Å². The Balaban J connectivity index is 2.93. The number of rotatable bonds is 0. The van der Waals surface area contributed by atoms with Crippen molar-refractivity contribution in [3.8, 4) is 11.8 Å². The molecular formula is C7H7NO. The zero-order valence-electron chi connectivity index (χ0n) is 5.43. The highest BCUT2D eigenvalue weighted by atomic mass is 16.3. The average Bonchev–Trinajstić information content (AvgIpc) is 2.17. The molecule has 0 saturated heterocycles. The normalized spacial score (nSPS) is 8.22. The van der Waals surface area contributed by atoms with Gasteiger partial charge in [-0.05, 0) is 19.8 Å². The van der Waals surface area contributed by atoms with E-state index in [9.17, 15) is 0 Å². The van der Waals surface area contributed by atoms with Gasteiger partial charge in [0.05, 0.1) is 6.20 Å². The van der Waals surface area contributed by atoms with Gasteiger partial charge in [-0.1, -0.05) is 5.92 Å². The van der Waals surface area contributed by atoms with Crippen LogP contribution in [0.4, 0.5) is 0 Å². The minimum atomic E-state index is 0.495. The molecule has 0 bridgehead atoms. The summed E-state index contributed by atoms with van der Waals surface area (Å²) < 4.78 is 5.04. The van der Waals surface area contributed by atoms with Gasteiger partial charge < -0.3 is 4.42 Å². The minimum absolute atomic E-state index is 0.495. The molecule has 2 nitrogen and oxygen atoms in total. The molecule has 46 valence electrons. The first-order valence-electron chi connectivity index (χ1n) is 2.68. The topological polar surface area (TPSA) is 26.0 Å². The number of aryl methyl sites for hydroxylation is 1. The quantitative estimate of drug-likeness (QED) is 0.484. The molecule has 0 radical (unpaired) electrons. The standard InChI is InChI=1S/C7H7NO/c1-3-4-7-8-5-6(2)9-7/h5H,1-2H3. The van der Waals surface area contributed by atoms with E-state index < -0.39 is 0 Å². The Morgan fingerprint density at radius 1 is 1.67 bits per heavy atom. The maximum atomic E-state index is 5.04. The lowest BCUT2D eigenvalue weighted by molar-refractivity contribution is 0.514. The van der Waals surface area contributed by atoms with Crippen LogP contribution in [0, 0.1) is 18.8 Å². The third-order valence-corrected chi connectivity index (χ3v) is 0.853. The Labute approximate surface area is 53.9 Å². The van der Waals surface area contributed by atoms with Crippen molar-refractivity contribution < 1.29 is 4.42 Å². The van der Waals surface area contributed by atoms with E-state index in [1.807, 2.05) is 6.92 Å². The highest BCUT2D eigenvalue weighted by Crippen LogP contribution is 1.98. The molecule has 0 fully saturated rings. The molecule has 1 aromatic heterocycles. The molecule has 0 aliphatic rings. The van der Waals surface area contributed by atoms with E-state index in [1.165, 1.54) is 0 Å². The molecule has 0 saturated carbocycles. The van der Waals surface area contributed by atoms with Crippen LogP contribution in [0.1, 0.15) is 18.6 Å². The Kier molecular flexibility index (Phi) is 1.55. The molecule has 0 aliphatic heterocycles. The Morgan fingerprint density at radius 2 is 2.44 bits per heavy atom. The second-order valence-corrected chi connectivity index (χ2v) is 1.65. The Morgan fingerprint density at radius 3 is 2.89 bits per heavy atom. The van der Waals surface area contributed by atoms with Gasteiger partial charge in [0, 0.05) is 0 Å². The second kappa shape index (κ2) is 2.36. The van der Waals surface area contributed by atoms with Gasteiger partial charge >= 0.3 is 0 Å². The van der Waals surface area contributed by atoms with E-state index in [0.29, 0.717) is 5.89 Å². The SMILES string of the molecule is CC#Cc1ncc(C)o1. The minimum Gasteiger partial charge on any atom is -0.435 e. The van der Waals surface area contributed by atoms with Crippen molar-refractivity contribution >= 4 is 0 Å². The summed E-state index contributed by atoms with van der Waals surface area (Å²) in [6, 6.07) is 0. The van der Waals surface area contributed by atoms with Crippen LogP contribution in [0.5, 0.6) is 0 Å². The van der Waals surface area contributed by atoms with Crippen LogP contribution in [0.2, 0.25) is 0 Å². The van der Waals surface area contributed by atoms with Gasteiger partial charge in [-0.25, -0.2) is 4.98 Å². The Hall–Kier alpha value is -1.23. The lowest BCUT2D eigenvalue weighted by Crippen LogP contribution is -1.66. The van der Waals surface area contributed by atoms with E-state index in [-0.39, 0.29) is 0 Å². The maximum absolute atomic E-state index is 5.04. The van der Waals surface area contributed by atoms with Crippen molar-refractivity contribution in [2.45, 2.75) is 13.8 Å². The third-order valence-electron chi connectivity index (χ3n) is 0.853. The third kappa shape index (κ3) is 1.33. The first-order chi connectivity index (χ1) is 4.33. The summed E-state index contributed by atoms with van der Waals surface area (Å²) in [6.07, 6.45) is 1.65. The fourth-order valence-electron chi connectivity index (χ4n) is 0.519. The predicted molar refractivity (Wildman–Crippen MR) is 33.8 cm³/mol. The van der Waals surface area contributed by atoms with Crippen LogP contribution in [0.25, 0.3) is 0 Å². The molecule has 0 atom stereocenters. The summed E-state index contributed by atoms with van der Waals surface area (Å²) >= 11 is 0. The van der Waals surface area contributed by atoms with Crippen molar-refractivity contribution in [1.82, 2.24) is 4.98 Å². The first kappa shape index (κ1) is 5.90. The van der Waals surface area contributed by atoms with E-state index in [1.54, 1.807) is 13.1 Å². The molecule has 0 amide bonds. The molecule has 9 heavy (non-hydrogen) atoms. The van der Waals surface area contributed by atoms with Crippen LogP contribution < -0.4 is 0 Å². The summed E-state index contributed by atoms with van der Waals surface area (Å²) in [5.41, 5.74) is 0. The van der Waals surface area contributed by atoms with Crippen LogP contribution in [0.15, 0.2) is 10.6 Å². The molecule has 1 heterocycles. The van der Waals surface area contributed by atoms with E-state index in [2.05, 4.69) is 16.8 Å². The largest absolute Gasteiger partial charge is 0.435 e. The first-order valence-corrected chi connectivity index (χ1v) is 2.68. The van der Waals surface area contributed by atoms with Crippen molar-refractivity contribution in [2.75, 3.05) is 0 Å². The average molecular weight is 121 g/mol. The molecule has 0 aliphatic carbocycles. The zero-order valence-corrected chi connectivity index (χ0v) is 5.43. The van der Waals surface area contributed by atoms with Gasteiger partial charge in [-0.2, -0.15) is 0 Å². The second-order valence-electron chi connectivity index (χ2n) is 1.65. The fraction of sp³-hybridized carbons (Fsp3) is 0.286. The zero-order chi connectivity index (χ0) is 6.69. The van der Waals surface area contributed by atoms with E-state index in [4.69, 9.17) is 4.42 Å². The van der Waals surface area contributed by atoms with Crippen molar-refractivity contribution in [3.05, 3.63) is 17.8 Å². The van der Waals surface area contributed by atoms with E-state index in [0.717, 1.165) is 5.76 Å². The molecule has 1 rings (SSSR count). The summed E-state index contributed by atoms with van der Waals surface area (Å²) in [5.74, 6) is 6.69. The van der Waals surface area contributed by atoms with Gasteiger partial charge in [0.2, 0.25) is 0 Å². The molecule has 0 unspecified atom stereocenters. The smallest absolute Gasteiger partial charge is 0.273 e. The molecular weight excluding hydrogens is 114 g/mol. The highest BCUT2D eigenvalue weighted by Gasteiger charge is 1.91. The molecule has 0 N–H and O–H groups in total. The number of hydrogen-bond donors (Lipinski definition) is 0. The van der Waals surface area contributed by atoms with Gasteiger partial charge in [0.25, 0.3) is 5.89 Å². The number of nitrogens with zero attached hydrogens (tertiary/aromatic N) is 1. The molecule has 2 heteroatoms. The van der Waals surface area contributed by atoms with Gasteiger partial charge in [-0.3, -0.25) is 0 Å². The van der Waals surface area contributed by atoms with Crippen molar-refractivity contribution in [2.24, 2.45) is 0 Å². The Bertz CT molecular complexity index is 251. The molecule has 1 aromatic rings.